The molecule has 7 heteroatoms. The quantitative estimate of drug-likeness (QED) is 0.263. The van der Waals surface area contributed by atoms with E-state index in [0.717, 1.165) is 40.1 Å². The molecule has 0 radical (unpaired) electrons. The first kappa shape index (κ1) is 20.7. The molecule has 0 saturated heterocycles. The number of hydrogen-bond acceptors (Lipinski definition) is 4. The molecule has 1 saturated carbocycles. The number of imidazole rings is 1. The average Bonchev–Trinajstić information content (AvgIpc) is 3.26. The number of ether oxygens (including phenoxy) is 1. The highest BCUT2D eigenvalue weighted by molar-refractivity contribution is 7.99. The molecule has 1 aromatic carbocycles. The zero-order valence-electron chi connectivity index (χ0n) is 18.2. The molecule has 29 heavy (non-hydrogen) atoms. The Hall–Kier alpha value is -1.57. The van der Waals surface area contributed by atoms with Gasteiger partial charge in [0.1, 0.15) is 17.5 Å². The molecule has 0 spiro atoms. The van der Waals surface area contributed by atoms with Crippen LogP contribution >= 0.6 is 11.8 Å². The SMILES string of the molecule is Cc1cc2nc(-c3cc(SCC4CC4)n[nH]3)n(COCC[Si](C)(C)C)c2cc1C. The smallest absolute Gasteiger partial charge is 0.161 e. The van der Waals surface area contributed by atoms with Gasteiger partial charge in [0.15, 0.2) is 5.82 Å². The fourth-order valence-corrected chi connectivity index (χ4v) is 5.04. The van der Waals surface area contributed by atoms with Crippen LogP contribution in [0.25, 0.3) is 22.6 Å². The monoisotopic (exact) mass is 428 g/mol. The molecule has 1 N–H and O–H groups in total. The van der Waals surface area contributed by atoms with Crippen molar-refractivity contribution in [2.24, 2.45) is 5.92 Å². The van der Waals surface area contributed by atoms with Gasteiger partial charge in [-0.2, -0.15) is 5.10 Å². The molecule has 1 aliphatic carbocycles. The third kappa shape index (κ3) is 5.13. The van der Waals surface area contributed by atoms with Gasteiger partial charge >= 0.3 is 0 Å². The van der Waals surface area contributed by atoms with Gasteiger partial charge in [0.05, 0.1) is 11.0 Å². The van der Waals surface area contributed by atoms with E-state index < -0.39 is 8.07 Å². The largest absolute Gasteiger partial charge is 0.361 e. The first-order valence-electron chi connectivity index (χ1n) is 10.5. The van der Waals surface area contributed by atoms with Crippen LogP contribution in [0.3, 0.4) is 0 Å². The molecule has 0 unspecified atom stereocenters. The highest BCUT2D eigenvalue weighted by atomic mass is 32.2. The second-order valence-corrected chi connectivity index (χ2v) is 16.2. The van der Waals surface area contributed by atoms with E-state index in [2.05, 4.69) is 66.5 Å². The van der Waals surface area contributed by atoms with E-state index in [9.17, 15) is 0 Å². The van der Waals surface area contributed by atoms with Crippen LogP contribution in [-0.4, -0.2) is 40.2 Å². The van der Waals surface area contributed by atoms with Crippen molar-refractivity contribution in [2.75, 3.05) is 12.4 Å². The second kappa shape index (κ2) is 8.28. The summed E-state index contributed by atoms with van der Waals surface area (Å²) in [5.74, 6) is 2.96. The number of rotatable bonds is 9. The van der Waals surface area contributed by atoms with Crippen molar-refractivity contribution in [1.82, 2.24) is 19.7 Å². The predicted octanol–water partition coefficient (Wildman–Crippen LogP) is 5.86. The van der Waals surface area contributed by atoms with Crippen molar-refractivity contribution in [3.05, 3.63) is 29.3 Å². The standard InChI is InChI=1S/C22H32N4OSSi/c1-15-10-18-20(11-16(15)2)26(14-27-8-9-29(3,4)5)22(23-18)19-12-21(25-24-19)28-13-17-6-7-17/h10-12,17H,6-9,13-14H2,1-5H3,(H,24,25). The Morgan fingerprint density at radius 2 is 1.93 bits per heavy atom. The summed E-state index contributed by atoms with van der Waals surface area (Å²) in [5, 5.41) is 8.78. The average molecular weight is 429 g/mol. The maximum atomic E-state index is 6.11. The zero-order chi connectivity index (χ0) is 20.6. The molecule has 2 aromatic heterocycles. The summed E-state index contributed by atoms with van der Waals surface area (Å²) in [6.45, 7) is 12.7. The molecule has 0 aliphatic heterocycles. The number of aromatic nitrogens is 4. The molecule has 3 aromatic rings. The maximum absolute atomic E-state index is 6.11. The van der Waals surface area contributed by atoms with Crippen LogP contribution in [0.15, 0.2) is 23.2 Å². The molecule has 156 valence electrons. The van der Waals surface area contributed by atoms with E-state index in [1.165, 1.54) is 35.8 Å². The predicted molar refractivity (Wildman–Crippen MR) is 124 cm³/mol. The number of nitrogens with zero attached hydrogens (tertiary/aromatic N) is 3. The lowest BCUT2D eigenvalue weighted by molar-refractivity contribution is 0.0909. The summed E-state index contributed by atoms with van der Waals surface area (Å²) in [5.41, 5.74) is 5.64. The van der Waals surface area contributed by atoms with Crippen LogP contribution in [0, 0.1) is 19.8 Å². The lowest BCUT2D eigenvalue weighted by Gasteiger charge is -2.16. The molecule has 0 bridgehead atoms. The minimum atomic E-state index is -1.11. The molecule has 2 heterocycles. The van der Waals surface area contributed by atoms with Crippen LogP contribution in [0.2, 0.25) is 25.7 Å². The topological polar surface area (TPSA) is 55.7 Å². The van der Waals surface area contributed by atoms with Crippen molar-refractivity contribution < 1.29 is 4.74 Å². The number of fused-ring (bicyclic) bond motifs is 1. The van der Waals surface area contributed by atoms with Crippen molar-refractivity contribution in [2.45, 2.75) is 64.1 Å². The Balaban J connectivity index is 1.60. The summed E-state index contributed by atoms with van der Waals surface area (Å²) in [6, 6.07) is 7.69. The van der Waals surface area contributed by atoms with Crippen LogP contribution in [-0.2, 0) is 11.5 Å². The maximum Gasteiger partial charge on any atom is 0.161 e. The van der Waals surface area contributed by atoms with Crippen LogP contribution in [0.5, 0.6) is 0 Å². The van der Waals surface area contributed by atoms with E-state index in [0.29, 0.717) is 6.73 Å². The van der Waals surface area contributed by atoms with E-state index in [1.54, 1.807) is 0 Å². The second-order valence-electron chi connectivity index (χ2n) is 9.51. The van der Waals surface area contributed by atoms with Gasteiger partial charge < -0.3 is 4.74 Å². The summed E-state index contributed by atoms with van der Waals surface area (Å²) in [4.78, 5) is 4.94. The lowest BCUT2D eigenvalue weighted by Crippen LogP contribution is -2.22. The van der Waals surface area contributed by atoms with E-state index in [1.807, 2.05) is 11.8 Å². The van der Waals surface area contributed by atoms with E-state index in [4.69, 9.17) is 9.72 Å². The number of H-pyrrole nitrogens is 1. The van der Waals surface area contributed by atoms with Crippen molar-refractivity contribution in [3.8, 4) is 11.5 Å². The van der Waals surface area contributed by atoms with Gasteiger partial charge in [0.25, 0.3) is 0 Å². The highest BCUT2D eigenvalue weighted by Gasteiger charge is 2.22. The number of nitrogens with one attached hydrogen (secondary N) is 1. The molecule has 5 nitrogen and oxygen atoms in total. The summed E-state index contributed by atoms with van der Waals surface area (Å²) < 4.78 is 8.30. The minimum Gasteiger partial charge on any atom is -0.361 e. The summed E-state index contributed by atoms with van der Waals surface area (Å²) in [6.07, 6.45) is 2.74. The van der Waals surface area contributed by atoms with Gasteiger partial charge in [-0.25, -0.2) is 4.98 Å². The molecular formula is C22H32N4OSSi. The molecule has 0 atom stereocenters. The normalized spacial score (nSPS) is 14.8. The number of aromatic amines is 1. The first-order valence-corrected chi connectivity index (χ1v) is 15.2. The first-order chi connectivity index (χ1) is 13.8. The fraction of sp³-hybridized carbons (Fsp3) is 0.545. The fourth-order valence-electron chi connectivity index (χ4n) is 3.23. The highest BCUT2D eigenvalue weighted by Crippen LogP contribution is 2.35. The van der Waals surface area contributed by atoms with Gasteiger partial charge in [0, 0.05) is 26.5 Å². The Kier molecular flexibility index (Phi) is 5.91. The lowest BCUT2D eigenvalue weighted by atomic mass is 10.1. The molecule has 4 rings (SSSR count). The summed E-state index contributed by atoms with van der Waals surface area (Å²) >= 11 is 1.84. The van der Waals surface area contributed by atoms with Crippen molar-refractivity contribution in [3.63, 3.8) is 0 Å². The Bertz CT molecular complexity index is 1000. The van der Waals surface area contributed by atoms with Gasteiger partial charge in [-0.05, 0) is 61.9 Å². The third-order valence-corrected chi connectivity index (χ3v) is 8.39. The number of benzene rings is 1. The number of aryl methyl sites for hydroxylation is 2. The van der Waals surface area contributed by atoms with Gasteiger partial charge in [-0.3, -0.25) is 9.67 Å². The van der Waals surface area contributed by atoms with Crippen LogP contribution < -0.4 is 0 Å². The van der Waals surface area contributed by atoms with Crippen LogP contribution in [0.4, 0.5) is 0 Å². The third-order valence-electron chi connectivity index (χ3n) is 5.54. The summed E-state index contributed by atoms with van der Waals surface area (Å²) in [7, 11) is -1.11. The number of thioether (sulfide) groups is 1. The number of hydrogen-bond donors (Lipinski definition) is 1. The Morgan fingerprint density at radius 1 is 1.17 bits per heavy atom. The Labute approximate surface area is 178 Å². The van der Waals surface area contributed by atoms with Gasteiger partial charge in [0.2, 0.25) is 0 Å². The zero-order valence-corrected chi connectivity index (χ0v) is 20.0. The van der Waals surface area contributed by atoms with Gasteiger partial charge in [-0.15, -0.1) is 11.8 Å². The van der Waals surface area contributed by atoms with Crippen molar-refractivity contribution in [1.29, 1.82) is 0 Å². The minimum absolute atomic E-state index is 0.516. The Morgan fingerprint density at radius 3 is 2.66 bits per heavy atom. The molecule has 1 aliphatic rings. The van der Waals surface area contributed by atoms with E-state index in [-0.39, 0.29) is 0 Å². The van der Waals surface area contributed by atoms with E-state index >= 15 is 0 Å². The van der Waals surface area contributed by atoms with Crippen LogP contribution in [0.1, 0.15) is 24.0 Å². The molecule has 1 fully saturated rings. The molecule has 0 amide bonds. The molecular weight excluding hydrogens is 396 g/mol. The van der Waals surface area contributed by atoms with Gasteiger partial charge in [-0.1, -0.05) is 19.6 Å². The van der Waals surface area contributed by atoms with Crippen molar-refractivity contribution >= 4 is 30.9 Å².